The van der Waals surface area contributed by atoms with Crippen LogP contribution in [0.2, 0.25) is 0 Å². The molecule has 2 N–H and O–H groups in total. The molecule has 0 amide bonds. The number of hydrogen-bond acceptors (Lipinski definition) is 5. The van der Waals surface area contributed by atoms with E-state index < -0.39 is 0 Å². The number of nitrogens with zero attached hydrogens (tertiary/aromatic N) is 2. The van der Waals surface area contributed by atoms with Gasteiger partial charge in [0.1, 0.15) is 5.82 Å². The SMILES string of the molecule is Cc1nc(N)sc1CCN1CCC(c2csc3cc(F)ccc23)CC1. The van der Waals surface area contributed by atoms with Crippen LogP contribution in [-0.2, 0) is 6.42 Å². The summed E-state index contributed by atoms with van der Waals surface area (Å²) in [5, 5.41) is 4.14. The lowest BCUT2D eigenvalue weighted by molar-refractivity contribution is 0.215. The average Bonchev–Trinajstić information content (AvgIpc) is 3.15. The summed E-state index contributed by atoms with van der Waals surface area (Å²) in [5.74, 6) is 0.450. The number of aryl methyl sites for hydroxylation is 1. The standard InChI is InChI=1S/C19H22FN3S2/c1-12-17(25-19(21)22-12)6-9-23-7-4-13(5-8-23)16-11-24-18-10-14(20)2-3-15(16)18/h2-3,10-11,13H,4-9H2,1H3,(H2,21,22). The molecule has 6 heteroatoms. The van der Waals surface area contributed by atoms with E-state index in [2.05, 4.69) is 15.3 Å². The van der Waals surface area contributed by atoms with Gasteiger partial charge in [-0.25, -0.2) is 9.37 Å². The van der Waals surface area contributed by atoms with Crippen molar-refractivity contribution in [1.29, 1.82) is 0 Å². The van der Waals surface area contributed by atoms with E-state index in [9.17, 15) is 4.39 Å². The molecule has 1 aliphatic rings. The third-order valence-electron chi connectivity index (χ3n) is 5.16. The van der Waals surface area contributed by atoms with Crippen LogP contribution in [0.1, 0.15) is 34.9 Å². The molecule has 4 rings (SSSR count). The summed E-state index contributed by atoms with van der Waals surface area (Å²) in [7, 11) is 0. The monoisotopic (exact) mass is 375 g/mol. The summed E-state index contributed by atoms with van der Waals surface area (Å²) >= 11 is 3.28. The number of hydrogen-bond donors (Lipinski definition) is 1. The molecule has 0 atom stereocenters. The van der Waals surface area contributed by atoms with E-state index in [0.717, 1.165) is 36.4 Å². The van der Waals surface area contributed by atoms with Crippen LogP contribution in [0.15, 0.2) is 23.6 Å². The van der Waals surface area contributed by atoms with E-state index in [1.54, 1.807) is 34.8 Å². The fraction of sp³-hybridized carbons (Fsp3) is 0.421. The van der Waals surface area contributed by atoms with Crippen LogP contribution in [-0.4, -0.2) is 29.5 Å². The molecule has 1 aliphatic heterocycles. The molecule has 25 heavy (non-hydrogen) atoms. The summed E-state index contributed by atoms with van der Waals surface area (Å²) in [5.41, 5.74) is 8.27. The smallest absolute Gasteiger partial charge is 0.180 e. The number of halogens is 1. The zero-order chi connectivity index (χ0) is 17.4. The first-order valence-corrected chi connectivity index (χ1v) is 10.4. The van der Waals surface area contributed by atoms with Crippen molar-refractivity contribution in [3.63, 3.8) is 0 Å². The minimum atomic E-state index is -0.144. The van der Waals surface area contributed by atoms with Gasteiger partial charge in [0.2, 0.25) is 0 Å². The van der Waals surface area contributed by atoms with Crippen molar-refractivity contribution >= 4 is 37.9 Å². The molecule has 0 aliphatic carbocycles. The summed E-state index contributed by atoms with van der Waals surface area (Å²) < 4.78 is 14.4. The van der Waals surface area contributed by atoms with Gasteiger partial charge in [-0.05, 0) is 73.7 Å². The highest BCUT2D eigenvalue weighted by atomic mass is 32.1. The molecule has 1 aromatic carbocycles. The zero-order valence-electron chi connectivity index (χ0n) is 14.3. The zero-order valence-corrected chi connectivity index (χ0v) is 15.9. The maximum absolute atomic E-state index is 13.4. The number of nitrogens with two attached hydrogens (primary N) is 1. The van der Waals surface area contributed by atoms with E-state index in [0.29, 0.717) is 11.0 Å². The lowest BCUT2D eigenvalue weighted by Crippen LogP contribution is -2.34. The molecule has 3 aromatic rings. The number of likely N-dealkylation sites (tertiary alicyclic amines) is 1. The topological polar surface area (TPSA) is 42.1 Å². The second-order valence-corrected chi connectivity index (χ2v) is 8.78. The summed E-state index contributed by atoms with van der Waals surface area (Å²) in [6.07, 6.45) is 3.38. The van der Waals surface area contributed by atoms with Gasteiger partial charge >= 0.3 is 0 Å². The normalized spacial score (nSPS) is 16.7. The summed E-state index contributed by atoms with van der Waals surface area (Å²) in [6.45, 7) is 5.36. The molecule has 132 valence electrons. The largest absolute Gasteiger partial charge is 0.375 e. The van der Waals surface area contributed by atoms with E-state index in [4.69, 9.17) is 5.73 Å². The highest BCUT2D eigenvalue weighted by molar-refractivity contribution is 7.17. The molecule has 3 nitrogen and oxygen atoms in total. The number of anilines is 1. The Morgan fingerprint density at radius 3 is 2.84 bits per heavy atom. The number of thiazole rings is 1. The van der Waals surface area contributed by atoms with Crippen LogP contribution in [0, 0.1) is 12.7 Å². The van der Waals surface area contributed by atoms with Crippen molar-refractivity contribution in [3.05, 3.63) is 45.5 Å². The summed E-state index contributed by atoms with van der Waals surface area (Å²) in [4.78, 5) is 8.16. The Labute approximate surface area is 155 Å². The molecule has 0 bridgehead atoms. The van der Waals surface area contributed by atoms with E-state index >= 15 is 0 Å². The Morgan fingerprint density at radius 1 is 1.32 bits per heavy atom. The minimum absolute atomic E-state index is 0.144. The van der Waals surface area contributed by atoms with Gasteiger partial charge in [0.15, 0.2) is 5.13 Å². The molecule has 2 aromatic heterocycles. The fourth-order valence-corrected chi connectivity index (χ4v) is 5.64. The first-order chi connectivity index (χ1) is 12.1. The van der Waals surface area contributed by atoms with Gasteiger partial charge < -0.3 is 10.6 Å². The molecule has 0 unspecified atom stereocenters. The minimum Gasteiger partial charge on any atom is -0.375 e. The molecular formula is C19H22FN3S2. The third kappa shape index (κ3) is 3.57. The molecular weight excluding hydrogens is 353 g/mol. The predicted molar refractivity (Wildman–Crippen MR) is 105 cm³/mol. The summed E-state index contributed by atoms with van der Waals surface area (Å²) in [6, 6.07) is 5.18. The van der Waals surface area contributed by atoms with Gasteiger partial charge in [-0.2, -0.15) is 0 Å². The third-order valence-corrected chi connectivity index (χ3v) is 7.17. The second kappa shape index (κ2) is 7.02. The van der Waals surface area contributed by atoms with Crippen molar-refractivity contribution in [3.8, 4) is 0 Å². The number of benzene rings is 1. The van der Waals surface area contributed by atoms with Crippen LogP contribution < -0.4 is 5.73 Å². The fourth-order valence-electron chi connectivity index (χ4n) is 3.75. The maximum atomic E-state index is 13.4. The van der Waals surface area contributed by atoms with Gasteiger partial charge in [0.05, 0.1) is 5.69 Å². The van der Waals surface area contributed by atoms with Crippen molar-refractivity contribution in [2.75, 3.05) is 25.4 Å². The first kappa shape index (κ1) is 16.9. The van der Waals surface area contributed by atoms with Crippen LogP contribution in [0.25, 0.3) is 10.1 Å². The predicted octanol–water partition coefficient (Wildman–Crippen LogP) is 4.81. The van der Waals surface area contributed by atoms with Crippen LogP contribution in [0.3, 0.4) is 0 Å². The van der Waals surface area contributed by atoms with Crippen molar-refractivity contribution in [1.82, 2.24) is 9.88 Å². The quantitative estimate of drug-likeness (QED) is 0.711. The molecule has 0 saturated carbocycles. The van der Waals surface area contributed by atoms with E-state index in [1.807, 2.05) is 13.0 Å². The highest BCUT2D eigenvalue weighted by Crippen LogP contribution is 2.37. The number of nitrogen functional groups attached to an aromatic ring is 1. The molecule has 3 heterocycles. The van der Waals surface area contributed by atoms with E-state index in [-0.39, 0.29) is 5.82 Å². The Morgan fingerprint density at radius 2 is 2.12 bits per heavy atom. The molecule has 1 saturated heterocycles. The van der Waals surface area contributed by atoms with Crippen molar-refractivity contribution in [2.45, 2.75) is 32.1 Å². The number of fused-ring (bicyclic) bond motifs is 1. The Hall–Kier alpha value is -1.50. The van der Waals surface area contributed by atoms with Crippen LogP contribution >= 0.6 is 22.7 Å². The second-order valence-electron chi connectivity index (χ2n) is 6.76. The molecule has 0 radical (unpaired) electrons. The lowest BCUT2D eigenvalue weighted by atomic mass is 9.89. The van der Waals surface area contributed by atoms with Gasteiger partial charge in [-0.1, -0.05) is 6.07 Å². The molecule has 0 spiro atoms. The van der Waals surface area contributed by atoms with Crippen molar-refractivity contribution in [2.24, 2.45) is 0 Å². The van der Waals surface area contributed by atoms with Gasteiger partial charge in [-0.3, -0.25) is 0 Å². The van der Waals surface area contributed by atoms with Crippen LogP contribution in [0.5, 0.6) is 0 Å². The Bertz CT molecular complexity index is 878. The highest BCUT2D eigenvalue weighted by Gasteiger charge is 2.23. The Kier molecular flexibility index (Phi) is 4.75. The lowest BCUT2D eigenvalue weighted by Gasteiger charge is -2.31. The van der Waals surface area contributed by atoms with Gasteiger partial charge in [-0.15, -0.1) is 22.7 Å². The number of thiophene rings is 1. The maximum Gasteiger partial charge on any atom is 0.180 e. The molecule has 1 fully saturated rings. The number of aromatic nitrogens is 1. The van der Waals surface area contributed by atoms with E-state index in [1.165, 1.54) is 28.7 Å². The Balaban J connectivity index is 1.37. The average molecular weight is 376 g/mol. The van der Waals surface area contributed by atoms with Crippen LogP contribution in [0.4, 0.5) is 9.52 Å². The number of piperidine rings is 1. The first-order valence-electron chi connectivity index (χ1n) is 8.71. The van der Waals surface area contributed by atoms with Gasteiger partial charge in [0, 0.05) is 16.1 Å². The van der Waals surface area contributed by atoms with Gasteiger partial charge in [0.25, 0.3) is 0 Å². The number of rotatable bonds is 4. The van der Waals surface area contributed by atoms with Crippen molar-refractivity contribution < 1.29 is 4.39 Å².